The first kappa shape index (κ1) is 16.1. The fraction of sp³-hybridized carbons (Fsp3) is 0.438. The Morgan fingerprint density at radius 2 is 2.04 bits per heavy atom. The molecule has 2 aromatic heterocycles. The van der Waals surface area contributed by atoms with Gasteiger partial charge in [-0.25, -0.2) is 9.97 Å². The van der Waals surface area contributed by atoms with Crippen LogP contribution in [0.25, 0.3) is 5.82 Å². The number of hydrogen-bond donors (Lipinski definition) is 0. The molecule has 132 valence electrons. The Balaban J connectivity index is 1.80. The van der Waals surface area contributed by atoms with Crippen LogP contribution in [0.15, 0.2) is 30.9 Å². The molecule has 0 bridgehead atoms. The van der Waals surface area contributed by atoms with E-state index >= 15 is 0 Å². The molecule has 0 saturated carbocycles. The highest BCUT2D eigenvalue weighted by Gasteiger charge is 2.46. The molecule has 0 aromatic carbocycles. The highest BCUT2D eigenvalue weighted by molar-refractivity contribution is 5.95. The molecular weight excluding hydrogens is 337 g/mol. The lowest BCUT2D eigenvalue weighted by Gasteiger charge is -2.38. The minimum atomic E-state index is -4.37. The van der Waals surface area contributed by atoms with Crippen LogP contribution in [-0.4, -0.2) is 57.3 Å². The molecule has 1 saturated heterocycles. The zero-order chi connectivity index (χ0) is 17.6. The van der Waals surface area contributed by atoms with E-state index in [4.69, 9.17) is 4.74 Å². The average molecular weight is 352 g/mol. The first-order valence-corrected chi connectivity index (χ1v) is 7.87. The summed E-state index contributed by atoms with van der Waals surface area (Å²) < 4.78 is 46.9. The van der Waals surface area contributed by atoms with Crippen molar-refractivity contribution in [3.63, 3.8) is 0 Å². The Labute approximate surface area is 141 Å². The number of carbonyl (C=O) groups is 1. The summed E-state index contributed by atoms with van der Waals surface area (Å²) in [5.41, 5.74) is 0.617. The van der Waals surface area contributed by atoms with Crippen LogP contribution in [0, 0.1) is 5.92 Å². The summed E-state index contributed by atoms with van der Waals surface area (Å²) in [4.78, 5) is 22.3. The van der Waals surface area contributed by atoms with Gasteiger partial charge in [0.15, 0.2) is 0 Å². The smallest absolute Gasteiger partial charge is 0.377 e. The van der Waals surface area contributed by atoms with Crippen molar-refractivity contribution in [1.82, 2.24) is 19.4 Å². The van der Waals surface area contributed by atoms with Crippen LogP contribution in [-0.2, 0) is 11.2 Å². The third-order valence-electron chi connectivity index (χ3n) is 4.65. The largest absolute Gasteiger partial charge is 0.393 e. The van der Waals surface area contributed by atoms with Gasteiger partial charge in [-0.3, -0.25) is 9.36 Å². The number of fused-ring (bicyclic) bond motifs is 1. The van der Waals surface area contributed by atoms with Crippen molar-refractivity contribution < 1.29 is 22.7 Å². The number of rotatable bonds is 2. The third kappa shape index (κ3) is 2.78. The fourth-order valence-electron chi connectivity index (χ4n) is 3.22. The monoisotopic (exact) mass is 352 g/mol. The van der Waals surface area contributed by atoms with Crippen LogP contribution in [0.3, 0.4) is 0 Å². The van der Waals surface area contributed by atoms with E-state index in [1.165, 1.54) is 22.0 Å². The second-order valence-electron chi connectivity index (χ2n) is 6.22. The van der Waals surface area contributed by atoms with E-state index in [2.05, 4.69) is 9.97 Å². The zero-order valence-electron chi connectivity index (χ0n) is 13.1. The maximum absolute atomic E-state index is 13.4. The first-order chi connectivity index (χ1) is 11.9. The molecule has 9 heteroatoms. The number of hydrogen-bond acceptors (Lipinski definition) is 4. The summed E-state index contributed by atoms with van der Waals surface area (Å²) in [7, 11) is 0. The van der Waals surface area contributed by atoms with Gasteiger partial charge < -0.3 is 9.64 Å². The van der Waals surface area contributed by atoms with Gasteiger partial charge in [0.05, 0.1) is 25.2 Å². The number of alkyl halides is 3. The number of nitrogens with zero attached hydrogens (tertiary/aromatic N) is 4. The average Bonchev–Trinajstić information content (AvgIpc) is 2.88. The molecule has 1 amide bonds. The molecule has 4 heterocycles. The predicted octanol–water partition coefficient (Wildman–Crippen LogP) is 1.84. The molecule has 4 rings (SSSR count). The summed E-state index contributed by atoms with van der Waals surface area (Å²) in [6, 6.07) is 2.85. The predicted molar refractivity (Wildman–Crippen MR) is 80.3 cm³/mol. The minimum absolute atomic E-state index is 0.229. The minimum Gasteiger partial charge on any atom is -0.377 e. The molecule has 0 N–H and O–H groups in total. The summed E-state index contributed by atoms with van der Waals surface area (Å²) >= 11 is 0. The number of amides is 1. The van der Waals surface area contributed by atoms with Crippen LogP contribution in [0.5, 0.6) is 0 Å². The first-order valence-electron chi connectivity index (χ1n) is 7.87. The summed E-state index contributed by atoms with van der Waals surface area (Å²) in [6.07, 6.45) is -0.168. The molecule has 2 aromatic rings. The summed E-state index contributed by atoms with van der Waals surface area (Å²) in [5, 5.41) is 0. The molecule has 1 fully saturated rings. The molecule has 0 spiro atoms. The van der Waals surface area contributed by atoms with Gasteiger partial charge in [0.25, 0.3) is 5.91 Å². The summed E-state index contributed by atoms with van der Waals surface area (Å²) in [6.45, 7) is 0.175. The van der Waals surface area contributed by atoms with E-state index in [1.807, 2.05) is 0 Å². The van der Waals surface area contributed by atoms with E-state index in [0.29, 0.717) is 11.4 Å². The van der Waals surface area contributed by atoms with Crippen molar-refractivity contribution in [2.24, 2.45) is 5.92 Å². The van der Waals surface area contributed by atoms with Gasteiger partial charge in [0.1, 0.15) is 17.8 Å². The molecule has 0 aliphatic carbocycles. The van der Waals surface area contributed by atoms with Gasteiger partial charge in [-0.05, 0) is 24.1 Å². The van der Waals surface area contributed by atoms with Gasteiger partial charge in [0, 0.05) is 18.9 Å². The Bertz CT molecular complexity index is 786. The van der Waals surface area contributed by atoms with Gasteiger partial charge in [0.2, 0.25) is 0 Å². The highest BCUT2D eigenvalue weighted by atomic mass is 19.4. The van der Waals surface area contributed by atoms with Gasteiger partial charge >= 0.3 is 6.18 Å². The lowest BCUT2D eigenvalue weighted by Crippen LogP contribution is -2.54. The Morgan fingerprint density at radius 3 is 2.64 bits per heavy atom. The fourth-order valence-corrected chi connectivity index (χ4v) is 3.22. The van der Waals surface area contributed by atoms with Crippen LogP contribution < -0.4 is 0 Å². The Morgan fingerprint density at radius 1 is 1.24 bits per heavy atom. The van der Waals surface area contributed by atoms with Crippen molar-refractivity contribution in [2.45, 2.75) is 18.6 Å². The topological polar surface area (TPSA) is 60.2 Å². The Kier molecular flexibility index (Phi) is 3.75. The second-order valence-corrected chi connectivity index (χ2v) is 6.22. The molecule has 6 nitrogen and oxygen atoms in total. The van der Waals surface area contributed by atoms with Crippen LogP contribution in [0.4, 0.5) is 13.2 Å². The highest BCUT2D eigenvalue weighted by Crippen LogP contribution is 2.35. The lowest BCUT2D eigenvalue weighted by molar-refractivity contribution is -0.181. The third-order valence-corrected chi connectivity index (χ3v) is 4.65. The van der Waals surface area contributed by atoms with E-state index in [9.17, 15) is 18.0 Å². The molecular formula is C16H15F3N4O2. The summed E-state index contributed by atoms with van der Waals surface area (Å²) in [5.74, 6) is -1.57. The number of ether oxygens (including phenoxy) is 1. The molecule has 0 radical (unpaired) electrons. The van der Waals surface area contributed by atoms with Gasteiger partial charge in [-0.1, -0.05) is 0 Å². The molecule has 25 heavy (non-hydrogen) atoms. The number of carbonyl (C=O) groups excluding carboxylic acids is 1. The van der Waals surface area contributed by atoms with Crippen LogP contribution >= 0.6 is 0 Å². The molecule has 2 aliphatic rings. The van der Waals surface area contributed by atoms with E-state index < -0.39 is 18.0 Å². The zero-order valence-corrected chi connectivity index (χ0v) is 13.1. The molecule has 2 aliphatic heterocycles. The van der Waals surface area contributed by atoms with Crippen molar-refractivity contribution in [1.29, 1.82) is 0 Å². The van der Waals surface area contributed by atoms with Crippen LogP contribution in [0.1, 0.15) is 16.1 Å². The quantitative estimate of drug-likeness (QED) is 0.828. The van der Waals surface area contributed by atoms with E-state index in [-0.39, 0.29) is 37.9 Å². The van der Waals surface area contributed by atoms with Gasteiger partial charge in [-0.15, -0.1) is 0 Å². The number of halogens is 3. The number of aromatic nitrogens is 3. The van der Waals surface area contributed by atoms with Crippen molar-refractivity contribution in [3.8, 4) is 5.82 Å². The standard InChI is InChI=1S/C16H15F3N4O2/c17-16(18,19)11-5-10-2-4-22(13-1-3-20-9-21-13)14(10)15(24)23(6-11)12-7-25-8-12/h1-4,9,11-12H,5-8H2. The van der Waals surface area contributed by atoms with Crippen LogP contribution in [0.2, 0.25) is 0 Å². The lowest BCUT2D eigenvalue weighted by atomic mass is 10.00. The van der Waals surface area contributed by atoms with Crippen molar-refractivity contribution in [2.75, 3.05) is 19.8 Å². The van der Waals surface area contributed by atoms with Crippen molar-refractivity contribution in [3.05, 3.63) is 42.1 Å². The maximum Gasteiger partial charge on any atom is 0.393 e. The normalized spacial score (nSPS) is 21.6. The molecule has 1 unspecified atom stereocenters. The van der Waals surface area contributed by atoms with Gasteiger partial charge in [-0.2, -0.15) is 13.2 Å². The van der Waals surface area contributed by atoms with Crippen molar-refractivity contribution >= 4 is 5.91 Å². The Hall–Kier alpha value is -2.42. The maximum atomic E-state index is 13.4. The van der Waals surface area contributed by atoms with E-state index in [1.54, 1.807) is 18.3 Å². The SMILES string of the molecule is O=C1c2c(ccn2-c2ccncn2)CC(C(F)(F)F)CN1C1COC1. The second kappa shape index (κ2) is 5.83. The molecule has 1 atom stereocenters. The van der Waals surface area contributed by atoms with E-state index in [0.717, 1.165) is 0 Å².